The van der Waals surface area contributed by atoms with Gasteiger partial charge in [-0.1, -0.05) is 47.8 Å². The topological polar surface area (TPSA) is 36.9 Å². The molecule has 2 saturated heterocycles. The largest absolute Gasteiger partial charge is 0.346 e. The van der Waals surface area contributed by atoms with Gasteiger partial charge in [0.15, 0.2) is 12.6 Å². The summed E-state index contributed by atoms with van der Waals surface area (Å²) in [5.41, 5.74) is 2.17. The van der Waals surface area contributed by atoms with Crippen LogP contribution in [0.2, 0.25) is 0 Å². The summed E-state index contributed by atoms with van der Waals surface area (Å²) in [6, 6.07) is 4.22. The lowest BCUT2D eigenvalue weighted by Gasteiger charge is -2.15. The van der Waals surface area contributed by atoms with E-state index < -0.39 is 12.6 Å². The summed E-state index contributed by atoms with van der Waals surface area (Å²) in [7, 11) is 0. The normalized spacial score (nSPS) is 17.5. The van der Waals surface area contributed by atoms with Gasteiger partial charge in [0, 0.05) is 29.0 Å². The fraction of sp³-hybridized carbons (Fsp3) is 0.368. The van der Waals surface area contributed by atoms with E-state index in [1.807, 2.05) is 0 Å². The standard InChI is InChI=1S/C10H9Br2FO2.C9H7Br2FO2/c1-5-7(13)4-6(11)8(9(5)12)10-14-2-3-15-10;10-6-3-5(12)4-7(11)8(6)9-13-1-2-14-9/h4,10H,2-3H2,1H3;3-4,9H,1-2H2. The molecule has 4 nitrogen and oxygen atoms in total. The third kappa shape index (κ3) is 5.65. The summed E-state index contributed by atoms with van der Waals surface area (Å²) < 4.78 is 50.4. The summed E-state index contributed by atoms with van der Waals surface area (Å²) in [5.74, 6) is -0.555. The van der Waals surface area contributed by atoms with Crippen molar-refractivity contribution < 1.29 is 27.7 Å². The number of hydrogen-bond acceptors (Lipinski definition) is 4. The van der Waals surface area contributed by atoms with Crippen LogP contribution in [-0.4, -0.2) is 26.4 Å². The molecule has 0 aromatic heterocycles. The third-order valence-corrected chi connectivity index (χ3v) is 7.18. The molecule has 2 aromatic rings. The lowest BCUT2D eigenvalue weighted by atomic mass is 10.1. The van der Waals surface area contributed by atoms with E-state index in [-0.39, 0.29) is 11.6 Å². The molecule has 10 heteroatoms. The van der Waals surface area contributed by atoms with E-state index in [9.17, 15) is 8.78 Å². The zero-order valence-electron chi connectivity index (χ0n) is 15.1. The molecular weight excluding hydrogens is 650 g/mol. The molecule has 0 atom stereocenters. The zero-order valence-corrected chi connectivity index (χ0v) is 21.5. The van der Waals surface area contributed by atoms with Gasteiger partial charge < -0.3 is 18.9 Å². The fourth-order valence-corrected chi connectivity index (χ4v) is 5.70. The molecule has 0 spiro atoms. The predicted molar refractivity (Wildman–Crippen MR) is 118 cm³/mol. The molecule has 2 aliphatic heterocycles. The number of halogens is 6. The summed E-state index contributed by atoms with van der Waals surface area (Å²) in [6.07, 6.45) is -0.813. The molecule has 2 heterocycles. The van der Waals surface area contributed by atoms with Crippen molar-refractivity contribution >= 4 is 63.7 Å². The average Bonchev–Trinajstić information content (AvgIpc) is 3.34. The van der Waals surface area contributed by atoms with Crippen molar-refractivity contribution in [2.45, 2.75) is 19.5 Å². The summed E-state index contributed by atoms with van der Waals surface area (Å²) in [5, 5.41) is 0. The second-order valence-corrected chi connectivity index (χ2v) is 9.48. The van der Waals surface area contributed by atoms with Gasteiger partial charge in [0.1, 0.15) is 11.6 Å². The van der Waals surface area contributed by atoms with E-state index in [2.05, 4.69) is 63.7 Å². The van der Waals surface area contributed by atoms with Crippen molar-refractivity contribution in [2.24, 2.45) is 0 Å². The highest BCUT2D eigenvalue weighted by Crippen LogP contribution is 2.38. The van der Waals surface area contributed by atoms with E-state index in [0.29, 0.717) is 49.9 Å². The smallest absolute Gasteiger partial charge is 0.186 e. The fourth-order valence-electron chi connectivity index (χ4n) is 2.75. The maximum Gasteiger partial charge on any atom is 0.186 e. The monoisotopic (exact) mass is 662 g/mol. The predicted octanol–water partition coefficient (Wildman–Crippen LogP) is 7.10. The number of hydrogen-bond donors (Lipinski definition) is 0. The van der Waals surface area contributed by atoms with Crippen molar-refractivity contribution in [2.75, 3.05) is 26.4 Å². The Kier molecular flexibility index (Phi) is 8.66. The Balaban J connectivity index is 0.000000166. The summed E-state index contributed by atoms with van der Waals surface area (Å²) in [6.45, 7) is 3.99. The Morgan fingerprint density at radius 2 is 1.14 bits per heavy atom. The molecule has 29 heavy (non-hydrogen) atoms. The van der Waals surface area contributed by atoms with Gasteiger partial charge >= 0.3 is 0 Å². The third-order valence-electron chi connectivity index (χ3n) is 4.19. The molecule has 2 aliphatic rings. The van der Waals surface area contributed by atoms with E-state index in [1.165, 1.54) is 18.2 Å². The first kappa shape index (κ1) is 23.7. The minimum atomic E-state index is -0.409. The van der Waals surface area contributed by atoms with Crippen molar-refractivity contribution in [3.63, 3.8) is 0 Å². The minimum absolute atomic E-state index is 0.254. The maximum atomic E-state index is 13.4. The van der Waals surface area contributed by atoms with Crippen molar-refractivity contribution in [3.05, 3.63) is 64.4 Å². The number of benzene rings is 2. The molecule has 0 radical (unpaired) electrons. The second kappa shape index (κ2) is 10.6. The number of ether oxygens (including phenoxy) is 4. The van der Waals surface area contributed by atoms with Crippen LogP contribution < -0.4 is 0 Å². The molecular formula is C19H16Br4F2O4. The van der Waals surface area contributed by atoms with Gasteiger partial charge in [-0.15, -0.1) is 0 Å². The molecule has 2 fully saturated rings. The van der Waals surface area contributed by atoms with Crippen LogP contribution >= 0.6 is 63.7 Å². The summed E-state index contributed by atoms with van der Waals surface area (Å²) in [4.78, 5) is 0. The molecule has 0 bridgehead atoms. The van der Waals surface area contributed by atoms with E-state index in [1.54, 1.807) is 6.92 Å². The molecule has 2 aromatic carbocycles. The van der Waals surface area contributed by atoms with Crippen LogP contribution in [0.4, 0.5) is 8.78 Å². The molecule has 0 N–H and O–H groups in total. The van der Waals surface area contributed by atoms with Gasteiger partial charge in [-0.3, -0.25) is 0 Å². The van der Waals surface area contributed by atoms with Crippen LogP contribution in [0, 0.1) is 18.6 Å². The Bertz CT molecular complexity index is 862. The van der Waals surface area contributed by atoms with Crippen LogP contribution in [-0.2, 0) is 18.9 Å². The van der Waals surface area contributed by atoms with Crippen LogP contribution in [0.15, 0.2) is 36.1 Å². The van der Waals surface area contributed by atoms with Gasteiger partial charge in [0.2, 0.25) is 0 Å². The molecule has 0 amide bonds. The van der Waals surface area contributed by atoms with Crippen molar-refractivity contribution in [1.29, 1.82) is 0 Å². The highest BCUT2D eigenvalue weighted by atomic mass is 79.9. The SMILES string of the molecule is Cc1c(F)cc(Br)c(C2OCCO2)c1Br.Fc1cc(Br)c(C2OCCO2)c(Br)c1. The van der Waals surface area contributed by atoms with Gasteiger partial charge in [-0.25, -0.2) is 8.78 Å². The maximum absolute atomic E-state index is 13.4. The minimum Gasteiger partial charge on any atom is -0.346 e. The van der Waals surface area contributed by atoms with Gasteiger partial charge in [0.05, 0.1) is 26.4 Å². The average molecular weight is 666 g/mol. The quantitative estimate of drug-likeness (QED) is 0.343. The first-order valence-corrected chi connectivity index (χ1v) is 11.7. The molecule has 0 unspecified atom stereocenters. The van der Waals surface area contributed by atoms with Crippen LogP contribution in [0.1, 0.15) is 29.3 Å². The highest BCUT2D eigenvalue weighted by Gasteiger charge is 2.26. The lowest BCUT2D eigenvalue weighted by molar-refractivity contribution is -0.0454. The molecule has 0 aliphatic carbocycles. The number of rotatable bonds is 2. The van der Waals surface area contributed by atoms with Crippen molar-refractivity contribution in [3.8, 4) is 0 Å². The van der Waals surface area contributed by atoms with Crippen LogP contribution in [0.3, 0.4) is 0 Å². The molecule has 158 valence electrons. The Morgan fingerprint density at radius 1 is 0.724 bits per heavy atom. The zero-order chi connectivity index (χ0) is 21.1. The summed E-state index contributed by atoms with van der Waals surface area (Å²) >= 11 is 13.2. The Morgan fingerprint density at radius 3 is 1.62 bits per heavy atom. The van der Waals surface area contributed by atoms with Crippen LogP contribution in [0.5, 0.6) is 0 Å². The van der Waals surface area contributed by atoms with E-state index in [0.717, 1.165) is 11.1 Å². The van der Waals surface area contributed by atoms with Crippen LogP contribution in [0.25, 0.3) is 0 Å². The Hall–Kier alpha value is 0.0600. The highest BCUT2D eigenvalue weighted by molar-refractivity contribution is 9.11. The Labute approximate surface area is 200 Å². The van der Waals surface area contributed by atoms with Crippen molar-refractivity contribution in [1.82, 2.24) is 0 Å². The van der Waals surface area contributed by atoms with Gasteiger partial charge in [-0.2, -0.15) is 0 Å². The van der Waals surface area contributed by atoms with Gasteiger partial charge in [-0.05, 0) is 46.6 Å². The van der Waals surface area contributed by atoms with E-state index in [4.69, 9.17) is 18.9 Å². The lowest BCUT2D eigenvalue weighted by Crippen LogP contribution is -2.03. The first-order valence-electron chi connectivity index (χ1n) is 8.54. The second-order valence-electron chi connectivity index (χ2n) is 6.12. The molecule has 0 saturated carbocycles. The first-order chi connectivity index (χ1) is 13.8. The molecule has 4 rings (SSSR count). The van der Waals surface area contributed by atoms with E-state index >= 15 is 0 Å². The van der Waals surface area contributed by atoms with Gasteiger partial charge in [0.25, 0.3) is 0 Å².